The molecule has 11 heteroatoms. The number of amides is 3. The van der Waals surface area contributed by atoms with Gasteiger partial charge in [0.25, 0.3) is 11.8 Å². The number of benzene rings is 1. The molecule has 1 saturated heterocycles. The fraction of sp³-hybridized carbons (Fsp3) is 0.400. The number of aromatic nitrogens is 2. The summed E-state index contributed by atoms with van der Waals surface area (Å²) in [6.45, 7) is 7.53. The van der Waals surface area contributed by atoms with Crippen LogP contribution in [0, 0.1) is 19.8 Å². The minimum atomic E-state index is -0.758. The smallest absolute Gasteiger partial charge is 0.264 e. The van der Waals surface area contributed by atoms with Crippen LogP contribution in [-0.2, 0) is 16.1 Å². The number of hydrogen-bond donors (Lipinski definition) is 2. The number of nitrogens with zero attached hydrogens (tertiary/aromatic N) is 4. The third kappa shape index (κ3) is 4.63. The second-order valence-electron chi connectivity index (χ2n) is 9.22. The van der Waals surface area contributed by atoms with Gasteiger partial charge in [-0.3, -0.25) is 19.4 Å². The molecule has 36 heavy (non-hydrogen) atoms. The first-order valence-electron chi connectivity index (χ1n) is 12.0. The molecule has 5 rings (SSSR count). The van der Waals surface area contributed by atoms with Crippen LogP contribution in [0.4, 0.5) is 0 Å². The van der Waals surface area contributed by atoms with E-state index in [9.17, 15) is 14.4 Å². The molecule has 0 bridgehead atoms. The number of hydrazine groups is 1. The van der Waals surface area contributed by atoms with E-state index in [0.717, 1.165) is 29.8 Å². The van der Waals surface area contributed by atoms with Crippen LogP contribution in [0.3, 0.4) is 0 Å². The molecular weight excluding hydrogens is 480 g/mol. The summed E-state index contributed by atoms with van der Waals surface area (Å²) in [5.41, 5.74) is 3.15. The van der Waals surface area contributed by atoms with Crippen molar-refractivity contribution < 1.29 is 18.9 Å². The maximum Gasteiger partial charge on any atom is 0.264 e. The largest absolute Gasteiger partial charge is 0.353 e. The topological polar surface area (TPSA) is 121 Å². The Morgan fingerprint density at radius 3 is 2.83 bits per heavy atom. The molecule has 0 saturated carbocycles. The third-order valence-electron chi connectivity index (χ3n) is 6.49. The SMILES string of the molecule is Cc1cc(-c2nc(C)c(C(=O)NC[C@@H](C)C(=O)N[C@@H]3C(=O)N4CCCN4Cc4ccccc43)s2)on1. The minimum absolute atomic E-state index is 0.122. The van der Waals surface area contributed by atoms with Gasteiger partial charge in [-0.1, -0.05) is 36.3 Å². The Morgan fingerprint density at radius 1 is 1.25 bits per heavy atom. The van der Waals surface area contributed by atoms with Gasteiger partial charge in [0.1, 0.15) is 10.9 Å². The molecule has 2 N–H and O–H groups in total. The Morgan fingerprint density at radius 2 is 2.06 bits per heavy atom. The van der Waals surface area contributed by atoms with Crippen molar-refractivity contribution in [1.82, 2.24) is 30.8 Å². The third-order valence-corrected chi connectivity index (χ3v) is 7.66. The highest BCUT2D eigenvalue weighted by molar-refractivity contribution is 7.17. The summed E-state index contributed by atoms with van der Waals surface area (Å²) in [6, 6.07) is 8.73. The number of aryl methyl sites for hydroxylation is 2. The van der Waals surface area contributed by atoms with Crippen LogP contribution in [0.2, 0.25) is 0 Å². The lowest BCUT2D eigenvalue weighted by Crippen LogP contribution is -2.47. The first-order chi connectivity index (χ1) is 17.3. The van der Waals surface area contributed by atoms with Crippen molar-refractivity contribution in [2.24, 2.45) is 5.92 Å². The van der Waals surface area contributed by atoms with Crippen molar-refractivity contribution in [3.63, 3.8) is 0 Å². The monoisotopic (exact) mass is 508 g/mol. The van der Waals surface area contributed by atoms with Crippen LogP contribution in [0.5, 0.6) is 0 Å². The van der Waals surface area contributed by atoms with Gasteiger partial charge in [0.05, 0.1) is 17.3 Å². The molecule has 2 atom stereocenters. The van der Waals surface area contributed by atoms with Crippen LogP contribution < -0.4 is 10.6 Å². The van der Waals surface area contributed by atoms with Crippen LogP contribution >= 0.6 is 11.3 Å². The standard InChI is InChI=1S/C25H28N6O4S/c1-14(12-26-23(33)21-16(3)27-24(36-21)19-11-15(2)29-35-19)22(32)28-20-18-8-5-4-7-17(18)13-30-9-6-10-31(30)25(20)34/h4-5,7-8,11,14,20H,6,9-10,12-13H2,1-3H3,(H,26,33)(H,28,32)/t14-,20+/m1/s1. The predicted molar refractivity (Wildman–Crippen MR) is 133 cm³/mol. The van der Waals surface area contributed by atoms with Gasteiger partial charge < -0.3 is 15.2 Å². The summed E-state index contributed by atoms with van der Waals surface area (Å²) in [5, 5.41) is 14.0. The highest BCUT2D eigenvalue weighted by atomic mass is 32.1. The Kier molecular flexibility index (Phi) is 6.59. The maximum absolute atomic E-state index is 13.3. The Labute approximate surface area is 212 Å². The van der Waals surface area contributed by atoms with Gasteiger partial charge in [0, 0.05) is 32.2 Å². The van der Waals surface area contributed by atoms with E-state index in [1.807, 2.05) is 36.2 Å². The number of carbonyl (C=O) groups excluding carboxylic acids is 3. The minimum Gasteiger partial charge on any atom is -0.353 e. The van der Waals surface area contributed by atoms with Crippen molar-refractivity contribution in [2.45, 2.75) is 39.8 Å². The van der Waals surface area contributed by atoms with Crippen LogP contribution in [0.1, 0.15) is 51.6 Å². The Balaban J connectivity index is 1.24. The number of carbonyl (C=O) groups is 3. The average Bonchev–Trinajstić information content (AvgIpc) is 3.59. The molecule has 1 fully saturated rings. The Bertz CT molecular complexity index is 1320. The quantitative estimate of drug-likeness (QED) is 0.525. The molecule has 2 aromatic heterocycles. The van der Waals surface area contributed by atoms with E-state index >= 15 is 0 Å². The normalized spacial score (nSPS) is 18.4. The van der Waals surface area contributed by atoms with E-state index in [4.69, 9.17) is 4.52 Å². The van der Waals surface area contributed by atoms with E-state index in [1.54, 1.807) is 24.9 Å². The lowest BCUT2D eigenvalue weighted by molar-refractivity contribution is -0.148. The van der Waals surface area contributed by atoms with Gasteiger partial charge >= 0.3 is 0 Å². The van der Waals surface area contributed by atoms with Crippen molar-refractivity contribution in [3.8, 4) is 10.8 Å². The molecule has 4 heterocycles. The molecule has 1 aromatic carbocycles. The first-order valence-corrected chi connectivity index (χ1v) is 12.8. The van der Waals surface area contributed by atoms with Crippen molar-refractivity contribution in [3.05, 3.63) is 57.7 Å². The second-order valence-corrected chi connectivity index (χ2v) is 10.2. The number of rotatable bonds is 6. The van der Waals surface area contributed by atoms with Gasteiger partial charge in [0.2, 0.25) is 5.91 Å². The fourth-order valence-corrected chi connectivity index (χ4v) is 5.47. The zero-order valence-corrected chi connectivity index (χ0v) is 21.2. The van der Waals surface area contributed by atoms with Gasteiger partial charge in [0.15, 0.2) is 10.8 Å². The molecule has 3 aromatic rings. The lowest BCUT2D eigenvalue weighted by Gasteiger charge is -2.28. The van der Waals surface area contributed by atoms with Gasteiger partial charge in [-0.25, -0.2) is 9.99 Å². The summed E-state index contributed by atoms with van der Waals surface area (Å²) < 4.78 is 5.25. The van der Waals surface area contributed by atoms with Crippen LogP contribution in [0.25, 0.3) is 10.8 Å². The molecule has 2 aliphatic heterocycles. The molecule has 0 spiro atoms. The molecule has 2 aliphatic rings. The molecule has 0 aliphatic carbocycles. The zero-order chi connectivity index (χ0) is 25.4. The highest BCUT2D eigenvalue weighted by Crippen LogP contribution is 2.30. The fourth-order valence-electron chi connectivity index (χ4n) is 4.54. The number of fused-ring (bicyclic) bond motifs is 2. The molecule has 10 nitrogen and oxygen atoms in total. The number of nitrogens with one attached hydrogen (secondary N) is 2. The van der Waals surface area contributed by atoms with E-state index in [0.29, 0.717) is 34.4 Å². The molecule has 0 unspecified atom stereocenters. The molecule has 188 valence electrons. The van der Waals surface area contributed by atoms with E-state index in [-0.39, 0.29) is 24.3 Å². The summed E-state index contributed by atoms with van der Waals surface area (Å²) >= 11 is 1.21. The van der Waals surface area contributed by atoms with Gasteiger partial charge in [-0.05, 0) is 31.4 Å². The van der Waals surface area contributed by atoms with E-state index in [2.05, 4.69) is 20.8 Å². The van der Waals surface area contributed by atoms with Gasteiger partial charge in [-0.15, -0.1) is 11.3 Å². The molecular formula is C25H28N6O4S. The van der Waals surface area contributed by atoms with Crippen molar-refractivity contribution >= 4 is 29.1 Å². The first kappa shape index (κ1) is 24.1. The summed E-state index contributed by atoms with van der Waals surface area (Å²) in [6.07, 6.45) is 0.908. The summed E-state index contributed by atoms with van der Waals surface area (Å²) in [4.78, 5) is 44.1. The number of thiazole rings is 1. The summed E-state index contributed by atoms with van der Waals surface area (Å²) in [7, 11) is 0. The number of hydrogen-bond acceptors (Lipinski definition) is 8. The predicted octanol–water partition coefficient (Wildman–Crippen LogP) is 2.60. The maximum atomic E-state index is 13.3. The van der Waals surface area contributed by atoms with E-state index < -0.39 is 12.0 Å². The average molecular weight is 509 g/mol. The van der Waals surface area contributed by atoms with E-state index in [1.165, 1.54) is 11.3 Å². The lowest BCUT2D eigenvalue weighted by atomic mass is 9.99. The molecule has 3 amide bonds. The highest BCUT2D eigenvalue weighted by Gasteiger charge is 2.38. The van der Waals surface area contributed by atoms with Crippen LogP contribution in [-0.4, -0.2) is 57.5 Å². The molecule has 0 radical (unpaired) electrons. The van der Waals surface area contributed by atoms with Crippen LogP contribution in [0.15, 0.2) is 34.9 Å². The zero-order valence-electron chi connectivity index (χ0n) is 20.4. The Hall–Kier alpha value is -3.57. The second kappa shape index (κ2) is 9.82. The van der Waals surface area contributed by atoms with Crippen molar-refractivity contribution in [2.75, 3.05) is 19.6 Å². The van der Waals surface area contributed by atoms with Crippen molar-refractivity contribution in [1.29, 1.82) is 0 Å². The van der Waals surface area contributed by atoms with Gasteiger partial charge in [-0.2, -0.15) is 0 Å². The summed E-state index contributed by atoms with van der Waals surface area (Å²) in [5.74, 6) is -0.767.